The van der Waals surface area contributed by atoms with E-state index < -0.39 is 0 Å². The predicted molar refractivity (Wildman–Crippen MR) is 73.5 cm³/mol. The maximum Gasteiger partial charge on any atom is 0.267 e. The first-order chi connectivity index (χ1) is 7.81. The molecule has 0 aliphatic carbocycles. The van der Waals surface area contributed by atoms with Gasteiger partial charge in [-0.3, -0.25) is 9.79 Å². The summed E-state index contributed by atoms with van der Waals surface area (Å²) in [6, 6.07) is 0. The van der Waals surface area contributed by atoms with Crippen LogP contribution in [0.25, 0.3) is 0 Å². The molecule has 0 N–H and O–H groups in total. The van der Waals surface area contributed by atoms with Crippen molar-refractivity contribution in [3.63, 3.8) is 0 Å². The Hall–Kier alpha value is -1.71. The van der Waals surface area contributed by atoms with Crippen LogP contribution in [0.2, 0.25) is 0 Å². The summed E-state index contributed by atoms with van der Waals surface area (Å²) in [5.74, 6) is -0.114. The molecule has 1 amide bonds. The first-order valence-electron chi connectivity index (χ1n) is 5.43. The minimum atomic E-state index is -0.114. The number of rotatable bonds is 4. The first-order valence-corrected chi connectivity index (χ1v) is 5.43. The highest BCUT2D eigenvalue weighted by Crippen LogP contribution is 2.15. The van der Waals surface area contributed by atoms with Crippen molar-refractivity contribution in [2.45, 2.75) is 27.7 Å². The molecule has 0 aromatic carbocycles. The minimum Gasteiger partial charge on any atom is -0.344 e. The Kier molecular flexibility index (Phi) is 6.10. The molecule has 17 heavy (non-hydrogen) atoms. The molecule has 94 valence electrons. The van der Waals surface area contributed by atoms with E-state index in [1.807, 2.05) is 20.8 Å². The molecular weight excluding hydrogens is 214 g/mol. The second-order valence-corrected chi connectivity index (χ2v) is 4.00. The Bertz CT molecular complexity index is 401. The van der Waals surface area contributed by atoms with Crippen LogP contribution in [-0.4, -0.2) is 36.8 Å². The van der Waals surface area contributed by atoms with Gasteiger partial charge in [-0.05, 0) is 33.3 Å². The summed E-state index contributed by atoms with van der Waals surface area (Å²) in [7, 11) is 3.39. The molecule has 4 nitrogen and oxygen atoms in total. The molecule has 0 spiro atoms. The van der Waals surface area contributed by atoms with Crippen molar-refractivity contribution in [1.29, 1.82) is 0 Å². The zero-order chi connectivity index (χ0) is 13.6. The Morgan fingerprint density at radius 1 is 1.24 bits per heavy atom. The third-order valence-corrected chi connectivity index (χ3v) is 2.06. The highest BCUT2D eigenvalue weighted by Gasteiger charge is 2.10. The highest BCUT2D eigenvalue weighted by molar-refractivity contribution is 6.37. The lowest BCUT2D eigenvalue weighted by Crippen LogP contribution is -2.28. The molecule has 0 aromatic rings. The van der Waals surface area contributed by atoms with Crippen LogP contribution in [0.1, 0.15) is 27.7 Å². The van der Waals surface area contributed by atoms with Crippen LogP contribution in [0, 0.1) is 0 Å². The van der Waals surface area contributed by atoms with E-state index in [1.54, 1.807) is 27.2 Å². The summed E-state index contributed by atoms with van der Waals surface area (Å²) >= 11 is 0. The van der Waals surface area contributed by atoms with Crippen molar-refractivity contribution in [3.8, 4) is 0 Å². The molecule has 4 heteroatoms. The Balaban J connectivity index is 5.42. The number of hydrogen-bond donors (Lipinski definition) is 0. The van der Waals surface area contributed by atoms with E-state index in [4.69, 9.17) is 0 Å². The molecule has 0 aliphatic rings. The Morgan fingerprint density at radius 2 is 1.76 bits per heavy atom. The molecular formula is C13H21N3O. The number of amides is 1. The minimum absolute atomic E-state index is 0.114. The average molecular weight is 235 g/mol. The van der Waals surface area contributed by atoms with E-state index >= 15 is 0 Å². The average Bonchev–Trinajstić information content (AvgIpc) is 2.23. The van der Waals surface area contributed by atoms with Crippen molar-refractivity contribution in [2.24, 2.45) is 9.98 Å². The molecule has 0 rings (SSSR count). The topological polar surface area (TPSA) is 45.0 Å². The molecule has 0 saturated heterocycles. The molecule has 0 unspecified atom stereocenters. The zero-order valence-electron chi connectivity index (χ0n) is 11.5. The van der Waals surface area contributed by atoms with Gasteiger partial charge in [-0.2, -0.15) is 0 Å². The summed E-state index contributed by atoms with van der Waals surface area (Å²) in [5, 5.41) is 0. The van der Waals surface area contributed by atoms with Crippen LogP contribution < -0.4 is 0 Å². The fourth-order valence-corrected chi connectivity index (χ4v) is 1.28. The van der Waals surface area contributed by atoms with Gasteiger partial charge >= 0.3 is 0 Å². The smallest absolute Gasteiger partial charge is 0.267 e. The van der Waals surface area contributed by atoms with E-state index in [0.717, 1.165) is 11.3 Å². The van der Waals surface area contributed by atoms with Crippen molar-refractivity contribution in [1.82, 2.24) is 4.90 Å². The van der Waals surface area contributed by atoms with Crippen LogP contribution in [0.3, 0.4) is 0 Å². The van der Waals surface area contributed by atoms with Gasteiger partial charge in [0, 0.05) is 20.3 Å². The number of carbonyl (C=O) groups is 1. The third-order valence-electron chi connectivity index (χ3n) is 2.06. The second kappa shape index (κ2) is 6.78. The summed E-state index contributed by atoms with van der Waals surface area (Å²) in [6.45, 7) is 11.1. The number of carbonyl (C=O) groups excluding carboxylic acids is 1. The molecule has 0 aromatic heterocycles. The van der Waals surface area contributed by atoms with Gasteiger partial charge in [0.25, 0.3) is 5.91 Å². The number of allylic oxidation sites excluding steroid dienone is 2. The summed E-state index contributed by atoms with van der Waals surface area (Å²) in [5.41, 5.74) is 2.64. The van der Waals surface area contributed by atoms with Crippen LogP contribution >= 0.6 is 0 Å². The standard InChI is InChI=1S/C13H21N3O/c1-8-14-10(4)12(9(2)3)15-11(5)13(17)16(6)7/h8H,2H2,1,3-7H3/b12-10+,14-8-,15-11+. The van der Waals surface area contributed by atoms with Crippen molar-refractivity contribution < 1.29 is 4.79 Å². The number of hydrogen-bond acceptors (Lipinski definition) is 3. The van der Waals surface area contributed by atoms with Crippen molar-refractivity contribution in [2.75, 3.05) is 14.1 Å². The molecule has 0 fully saturated rings. The fourth-order valence-electron chi connectivity index (χ4n) is 1.28. The van der Waals surface area contributed by atoms with E-state index in [1.165, 1.54) is 4.90 Å². The monoisotopic (exact) mass is 235 g/mol. The van der Waals surface area contributed by atoms with E-state index in [0.29, 0.717) is 11.4 Å². The fraction of sp³-hybridized carbons (Fsp3) is 0.462. The Labute approximate surface area is 103 Å². The quantitative estimate of drug-likeness (QED) is 0.545. The Morgan fingerprint density at radius 3 is 2.12 bits per heavy atom. The lowest BCUT2D eigenvalue weighted by molar-refractivity contribution is -0.121. The van der Waals surface area contributed by atoms with E-state index in [9.17, 15) is 4.79 Å². The van der Waals surface area contributed by atoms with Crippen molar-refractivity contribution >= 4 is 17.8 Å². The van der Waals surface area contributed by atoms with Gasteiger partial charge in [-0.15, -0.1) is 0 Å². The number of aliphatic imine (C=N–C) groups is 2. The molecule has 0 heterocycles. The second-order valence-electron chi connectivity index (χ2n) is 4.00. The van der Waals surface area contributed by atoms with Gasteiger partial charge in [0.15, 0.2) is 0 Å². The van der Waals surface area contributed by atoms with Gasteiger partial charge in [-0.25, -0.2) is 4.99 Å². The molecule has 0 saturated carbocycles. The summed E-state index contributed by atoms with van der Waals surface area (Å²) in [6.07, 6.45) is 1.69. The third kappa shape index (κ3) is 4.76. The lowest BCUT2D eigenvalue weighted by Gasteiger charge is -2.11. The van der Waals surface area contributed by atoms with Crippen LogP contribution in [0.4, 0.5) is 0 Å². The summed E-state index contributed by atoms with van der Waals surface area (Å²) in [4.78, 5) is 21.7. The van der Waals surface area contributed by atoms with E-state index in [2.05, 4.69) is 16.6 Å². The van der Waals surface area contributed by atoms with Gasteiger partial charge < -0.3 is 4.90 Å². The summed E-state index contributed by atoms with van der Waals surface area (Å²) < 4.78 is 0. The van der Waals surface area contributed by atoms with Crippen LogP contribution in [0.5, 0.6) is 0 Å². The van der Waals surface area contributed by atoms with Crippen LogP contribution in [-0.2, 0) is 4.79 Å². The molecule has 0 radical (unpaired) electrons. The normalized spacial score (nSPS) is 13.6. The van der Waals surface area contributed by atoms with Gasteiger partial charge in [0.05, 0.1) is 11.4 Å². The molecule has 0 aliphatic heterocycles. The van der Waals surface area contributed by atoms with Gasteiger partial charge in [0.2, 0.25) is 0 Å². The predicted octanol–water partition coefficient (Wildman–Crippen LogP) is 2.43. The van der Waals surface area contributed by atoms with Crippen molar-refractivity contribution in [3.05, 3.63) is 23.5 Å². The maximum absolute atomic E-state index is 11.7. The number of nitrogens with zero attached hydrogens (tertiary/aromatic N) is 3. The SMILES string of the molecule is C=C(C)C(/N=C(\C)C(=O)N(C)C)=C(C)\N=C/C. The first kappa shape index (κ1) is 15.3. The highest BCUT2D eigenvalue weighted by atomic mass is 16.2. The van der Waals surface area contributed by atoms with E-state index in [-0.39, 0.29) is 5.91 Å². The lowest BCUT2D eigenvalue weighted by atomic mass is 10.2. The van der Waals surface area contributed by atoms with Crippen LogP contribution in [0.15, 0.2) is 33.5 Å². The maximum atomic E-state index is 11.7. The molecule has 0 atom stereocenters. The van der Waals surface area contributed by atoms with Gasteiger partial charge in [-0.1, -0.05) is 6.58 Å². The largest absolute Gasteiger partial charge is 0.344 e. The zero-order valence-corrected chi connectivity index (χ0v) is 11.5. The van der Waals surface area contributed by atoms with Gasteiger partial charge in [0.1, 0.15) is 5.71 Å². The molecule has 0 bridgehead atoms.